The number of aromatic nitrogens is 2. The van der Waals surface area contributed by atoms with Crippen LogP contribution >= 0.6 is 23.2 Å². The molecule has 19 heavy (non-hydrogen) atoms. The van der Waals surface area contributed by atoms with Gasteiger partial charge in [0, 0.05) is 28.6 Å². The highest BCUT2D eigenvalue weighted by atomic mass is 35.5. The van der Waals surface area contributed by atoms with Gasteiger partial charge in [-0.05, 0) is 30.7 Å². The Balaban J connectivity index is 2.21. The fourth-order valence-corrected chi connectivity index (χ4v) is 2.41. The van der Waals surface area contributed by atoms with Crippen molar-refractivity contribution >= 4 is 23.2 Å². The van der Waals surface area contributed by atoms with Crippen LogP contribution < -0.4 is 5.32 Å². The lowest BCUT2D eigenvalue weighted by Gasteiger charge is -2.17. The molecule has 3 nitrogen and oxygen atoms in total. The number of rotatable bonds is 5. The third-order valence-electron chi connectivity index (χ3n) is 2.83. The van der Waals surface area contributed by atoms with E-state index >= 15 is 0 Å². The van der Waals surface area contributed by atoms with Crippen LogP contribution in [0.15, 0.2) is 36.8 Å². The second-order valence-electron chi connectivity index (χ2n) is 4.18. The number of hydrogen-bond donors (Lipinski definition) is 1. The number of halogens is 2. The summed E-state index contributed by atoms with van der Waals surface area (Å²) in [6, 6.07) is 5.66. The molecule has 1 unspecified atom stereocenters. The van der Waals surface area contributed by atoms with Gasteiger partial charge >= 0.3 is 0 Å². The van der Waals surface area contributed by atoms with E-state index in [-0.39, 0.29) is 6.04 Å². The average Bonchev–Trinajstić information content (AvgIpc) is 2.42. The van der Waals surface area contributed by atoms with E-state index in [4.69, 9.17) is 23.2 Å². The highest BCUT2D eigenvalue weighted by Crippen LogP contribution is 2.25. The van der Waals surface area contributed by atoms with Crippen LogP contribution in [0.1, 0.15) is 24.2 Å². The van der Waals surface area contributed by atoms with Gasteiger partial charge in [-0.3, -0.25) is 9.97 Å². The van der Waals surface area contributed by atoms with Crippen molar-refractivity contribution in [3.05, 3.63) is 58.1 Å². The molecule has 0 aliphatic rings. The molecule has 2 rings (SSSR count). The molecule has 0 radical (unpaired) electrons. The Bertz CT molecular complexity index is 531. The summed E-state index contributed by atoms with van der Waals surface area (Å²) >= 11 is 12.1. The standard InChI is InChI=1S/C14H15Cl2N3/c1-2-18-13(14-9-17-5-6-19-14)7-10-3-4-11(15)8-12(10)16/h3-6,8-9,13,18H,2,7H2,1H3. The van der Waals surface area contributed by atoms with Crippen LogP contribution in [-0.2, 0) is 6.42 Å². The molecule has 0 fully saturated rings. The Morgan fingerprint density at radius 3 is 2.74 bits per heavy atom. The van der Waals surface area contributed by atoms with E-state index in [0.29, 0.717) is 10.0 Å². The Morgan fingerprint density at radius 1 is 1.26 bits per heavy atom. The average molecular weight is 296 g/mol. The van der Waals surface area contributed by atoms with Crippen LogP contribution in [0.5, 0.6) is 0 Å². The van der Waals surface area contributed by atoms with Gasteiger partial charge in [-0.25, -0.2) is 0 Å². The van der Waals surface area contributed by atoms with Crippen LogP contribution in [0.2, 0.25) is 10.0 Å². The SMILES string of the molecule is CCNC(Cc1ccc(Cl)cc1Cl)c1cnccn1. The normalized spacial score (nSPS) is 12.4. The second kappa shape index (κ2) is 6.85. The Morgan fingerprint density at radius 2 is 2.11 bits per heavy atom. The van der Waals surface area contributed by atoms with Crippen molar-refractivity contribution in [3.8, 4) is 0 Å². The van der Waals surface area contributed by atoms with Crippen LogP contribution in [0, 0.1) is 0 Å². The smallest absolute Gasteiger partial charge is 0.0759 e. The molecule has 1 aromatic heterocycles. The number of nitrogens with zero attached hydrogens (tertiary/aromatic N) is 2. The van der Waals surface area contributed by atoms with Crippen molar-refractivity contribution in [2.24, 2.45) is 0 Å². The summed E-state index contributed by atoms with van der Waals surface area (Å²) < 4.78 is 0. The third-order valence-corrected chi connectivity index (χ3v) is 3.42. The second-order valence-corrected chi connectivity index (χ2v) is 5.02. The molecule has 100 valence electrons. The Kier molecular flexibility index (Phi) is 5.14. The minimum Gasteiger partial charge on any atom is -0.309 e. The molecule has 5 heteroatoms. The summed E-state index contributed by atoms with van der Waals surface area (Å²) in [6.45, 7) is 2.92. The lowest BCUT2D eigenvalue weighted by atomic mass is 10.0. The molecule has 0 saturated carbocycles. The van der Waals surface area contributed by atoms with Gasteiger partial charge in [-0.1, -0.05) is 36.2 Å². The predicted molar refractivity (Wildman–Crippen MR) is 78.6 cm³/mol. The summed E-state index contributed by atoms with van der Waals surface area (Å²) in [7, 11) is 0. The monoisotopic (exact) mass is 295 g/mol. The summed E-state index contributed by atoms with van der Waals surface area (Å²) in [6.07, 6.45) is 5.89. The van der Waals surface area contributed by atoms with E-state index in [2.05, 4.69) is 22.2 Å². The van der Waals surface area contributed by atoms with Crippen molar-refractivity contribution in [1.82, 2.24) is 15.3 Å². The van der Waals surface area contributed by atoms with Crippen LogP contribution in [0.4, 0.5) is 0 Å². The van der Waals surface area contributed by atoms with Crippen molar-refractivity contribution in [1.29, 1.82) is 0 Å². The summed E-state index contributed by atoms with van der Waals surface area (Å²) in [4.78, 5) is 8.46. The first-order valence-electron chi connectivity index (χ1n) is 6.14. The maximum atomic E-state index is 6.21. The number of nitrogens with one attached hydrogen (secondary N) is 1. The molecule has 0 aliphatic heterocycles. The molecule has 0 aliphatic carbocycles. The molecule has 1 N–H and O–H groups in total. The first-order valence-corrected chi connectivity index (χ1v) is 6.89. The van der Waals surface area contributed by atoms with Crippen LogP contribution in [0.3, 0.4) is 0 Å². The molecule has 2 aromatic rings. The summed E-state index contributed by atoms with van der Waals surface area (Å²) in [5.74, 6) is 0. The number of benzene rings is 1. The molecule has 1 heterocycles. The van der Waals surface area contributed by atoms with Gasteiger partial charge < -0.3 is 5.32 Å². The number of likely N-dealkylation sites (N-methyl/N-ethyl adjacent to an activating group) is 1. The van der Waals surface area contributed by atoms with Gasteiger partial charge in [0.15, 0.2) is 0 Å². The molecule has 0 bridgehead atoms. The van der Waals surface area contributed by atoms with Gasteiger partial charge in [0.05, 0.1) is 11.7 Å². The van der Waals surface area contributed by atoms with Crippen LogP contribution in [0.25, 0.3) is 0 Å². The number of hydrogen-bond acceptors (Lipinski definition) is 3. The largest absolute Gasteiger partial charge is 0.309 e. The fourth-order valence-electron chi connectivity index (χ4n) is 1.93. The molecule has 0 spiro atoms. The van der Waals surface area contributed by atoms with Gasteiger partial charge in [-0.2, -0.15) is 0 Å². The summed E-state index contributed by atoms with van der Waals surface area (Å²) in [5, 5.41) is 4.72. The molecular weight excluding hydrogens is 281 g/mol. The Labute approximate surface area is 123 Å². The van der Waals surface area contributed by atoms with E-state index in [1.165, 1.54) is 0 Å². The van der Waals surface area contributed by atoms with E-state index in [1.807, 2.05) is 12.1 Å². The lowest BCUT2D eigenvalue weighted by molar-refractivity contribution is 0.534. The first-order chi connectivity index (χ1) is 9.20. The topological polar surface area (TPSA) is 37.8 Å². The highest BCUT2D eigenvalue weighted by Gasteiger charge is 2.14. The van der Waals surface area contributed by atoms with E-state index in [9.17, 15) is 0 Å². The van der Waals surface area contributed by atoms with E-state index < -0.39 is 0 Å². The predicted octanol–water partition coefficient (Wildman–Crippen LogP) is 3.68. The van der Waals surface area contributed by atoms with Crippen molar-refractivity contribution in [2.75, 3.05) is 6.54 Å². The maximum Gasteiger partial charge on any atom is 0.0759 e. The zero-order valence-electron chi connectivity index (χ0n) is 10.6. The van der Waals surface area contributed by atoms with Crippen LogP contribution in [-0.4, -0.2) is 16.5 Å². The van der Waals surface area contributed by atoms with Gasteiger partial charge in [0.1, 0.15) is 0 Å². The first kappa shape index (κ1) is 14.3. The van der Waals surface area contributed by atoms with E-state index in [0.717, 1.165) is 24.2 Å². The van der Waals surface area contributed by atoms with Crippen molar-refractivity contribution in [3.63, 3.8) is 0 Å². The van der Waals surface area contributed by atoms with Crippen molar-refractivity contribution in [2.45, 2.75) is 19.4 Å². The zero-order chi connectivity index (χ0) is 13.7. The van der Waals surface area contributed by atoms with Gasteiger partial charge in [-0.15, -0.1) is 0 Å². The Hall–Kier alpha value is -1.16. The van der Waals surface area contributed by atoms with E-state index in [1.54, 1.807) is 24.7 Å². The molecule has 0 amide bonds. The van der Waals surface area contributed by atoms with Gasteiger partial charge in [0.2, 0.25) is 0 Å². The third kappa shape index (κ3) is 3.90. The minimum absolute atomic E-state index is 0.0948. The minimum atomic E-state index is 0.0948. The van der Waals surface area contributed by atoms with Crippen molar-refractivity contribution < 1.29 is 0 Å². The molecule has 1 aromatic carbocycles. The highest BCUT2D eigenvalue weighted by molar-refractivity contribution is 6.35. The quantitative estimate of drug-likeness (QED) is 0.914. The maximum absolute atomic E-state index is 6.21. The molecule has 0 saturated heterocycles. The zero-order valence-corrected chi connectivity index (χ0v) is 12.1. The van der Waals surface area contributed by atoms with Gasteiger partial charge in [0.25, 0.3) is 0 Å². The fraction of sp³-hybridized carbons (Fsp3) is 0.286. The summed E-state index contributed by atoms with van der Waals surface area (Å²) in [5.41, 5.74) is 1.96. The molecule has 1 atom stereocenters. The lowest BCUT2D eigenvalue weighted by Crippen LogP contribution is -2.24. The molecular formula is C14H15Cl2N3.